The minimum absolute atomic E-state index is 0.0282. The summed E-state index contributed by atoms with van der Waals surface area (Å²) < 4.78 is 6.02. The normalized spacial score (nSPS) is 12.2. The van der Waals surface area contributed by atoms with Gasteiger partial charge in [0, 0.05) is 11.6 Å². The fourth-order valence-corrected chi connectivity index (χ4v) is 2.92. The van der Waals surface area contributed by atoms with E-state index >= 15 is 0 Å². The van der Waals surface area contributed by atoms with Crippen molar-refractivity contribution in [2.24, 2.45) is 10.8 Å². The maximum absolute atomic E-state index is 10.2. The Morgan fingerprint density at radius 3 is 1.92 bits per heavy atom. The maximum Gasteiger partial charge on any atom is 0.161 e. The van der Waals surface area contributed by atoms with Crippen LogP contribution in [0.3, 0.4) is 0 Å². The van der Waals surface area contributed by atoms with E-state index in [2.05, 4.69) is 41.5 Å². The molecule has 0 saturated carbocycles. The second-order valence-electron chi connectivity index (χ2n) is 9.32. The van der Waals surface area contributed by atoms with Crippen LogP contribution in [0.2, 0.25) is 0 Å². The molecule has 0 unspecified atom stereocenters. The number of hydrogen-bond acceptors (Lipinski definition) is 4. The summed E-state index contributed by atoms with van der Waals surface area (Å²) in [5, 5.41) is 30.1. The highest BCUT2D eigenvalue weighted by molar-refractivity contribution is 5.52. The maximum atomic E-state index is 10.2. The van der Waals surface area contributed by atoms with Crippen molar-refractivity contribution in [3.8, 4) is 28.7 Å². The molecule has 0 fully saturated rings. The molecule has 142 valence electrons. The van der Waals surface area contributed by atoms with Crippen molar-refractivity contribution in [3.63, 3.8) is 0 Å². The van der Waals surface area contributed by atoms with Crippen LogP contribution in [-0.4, -0.2) is 15.3 Å². The summed E-state index contributed by atoms with van der Waals surface area (Å²) in [6.07, 6.45) is 1.34. The Morgan fingerprint density at radius 2 is 1.35 bits per heavy atom. The molecule has 0 aliphatic carbocycles. The minimum Gasteiger partial charge on any atom is -0.508 e. The van der Waals surface area contributed by atoms with Crippen molar-refractivity contribution in [1.82, 2.24) is 0 Å². The van der Waals surface area contributed by atoms with Crippen LogP contribution in [0.25, 0.3) is 0 Å². The number of phenolic OH excluding ortho intramolecular Hbond substituents is 3. The van der Waals surface area contributed by atoms with Gasteiger partial charge in [-0.05, 0) is 53.5 Å². The molecule has 0 bridgehead atoms. The Hall–Kier alpha value is -2.36. The van der Waals surface area contributed by atoms with E-state index in [4.69, 9.17) is 4.74 Å². The van der Waals surface area contributed by atoms with Crippen LogP contribution in [0, 0.1) is 10.8 Å². The predicted octanol–water partition coefficient (Wildman–Crippen LogP) is 5.77. The number of aromatic hydroxyl groups is 3. The molecule has 0 aliphatic heterocycles. The third kappa shape index (κ3) is 5.58. The molecule has 0 aliphatic rings. The van der Waals surface area contributed by atoms with E-state index in [1.54, 1.807) is 24.3 Å². The number of benzene rings is 2. The fraction of sp³-hybridized carbons (Fsp3) is 0.455. The first-order chi connectivity index (χ1) is 11.8. The molecule has 0 saturated heterocycles. The van der Waals surface area contributed by atoms with E-state index in [-0.39, 0.29) is 28.1 Å². The first kappa shape index (κ1) is 20.0. The Kier molecular flexibility index (Phi) is 5.45. The Morgan fingerprint density at radius 1 is 0.769 bits per heavy atom. The molecular weight excluding hydrogens is 328 g/mol. The summed E-state index contributed by atoms with van der Waals surface area (Å²) in [7, 11) is 0. The number of rotatable bonds is 4. The van der Waals surface area contributed by atoms with E-state index in [1.165, 1.54) is 6.07 Å². The Balaban J connectivity index is 2.40. The summed E-state index contributed by atoms with van der Waals surface area (Å²) >= 11 is 0. The predicted molar refractivity (Wildman–Crippen MR) is 104 cm³/mol. The lowest BCUT2D eigenvalue weighted by Crippen LogP contribution is -2.10. The van der Waals surface area contributed by atoms with Gasteiger partial charge in [0.25, 0.3) is 0 Å². The average Bonchev–Trinajstić information content (AvgIpc) is 2.44. The van der Waals surface area contributed by atoms with Gasteiger partial charge in [-0.2, -0.15) is 0 Å². The zero-order valence-electron chi connectivity index (χ0n) is 16.6. The van der Waals surface area contributed by atoms with Crippen LogP contribution in [0.5, 0.6) is 28.7 Å². The zero-order valence-corrected chi connectivity index (χ0v) is 16.6. The number of phenols is 3. The van der Waals surface area contributed by atoms with Crippen LogP contribution in [0.1, 0.15) is 52.7 Å². The highest BCUT2D eigenvalue weighted by Crippen LogP contribution is 2.40. The summed E-state index contributed by atoms with van der Waals surface area (Å²) in [5.41, 5.74) is 1.52. The summed E-state index contributed by atoms with van der Waals surface area (Å²) in [6.45, 7) is 12.6. The fourth-order valence-electron chi connectivity index (χ4n) is 2.92. The van der Waals surface area contributed by atoms with Gasteiger partial charge < -0.3 is 20.1 Å². The van der Waals surface area contributed by atoms with Crippen molar-refractivity contribution >= 4 is 0 Å². The van der Waals surface area contributed by atoms with Crippen molar-refractivity contribution in [2.45, 2.75) is 54.4 Å². The smallest absolute Gasteiger partial charge is 0.161 e. The van der Waals surface area contributed by atoms with Gasteiger partial charge in [0.05, 0.1) is 0 Å². The summed E-state index contributed by atoms with van der Waals surface area (Å²) in [5.74, 6) is 0.981. The lowest BCUT2D eigenvalue weighted by atomic mass is 9.87. The van der Waals surface area contributed by atoms with Gasteiger partial charge in [-0.3, -0.25) is 0 Å². The molecule has 0 atom stereocenters. The molecule has 4 heteroatoms. The minimum atomic E-state index is -0.196. The van der Waals surface area contributed by atoms with Gasteiger partial charge >= 0.3 is 0 Å². The van der Waals surface area contributed by atoms with Gasteiger partial charge in [0.15, 0.2) is 11.5 Å². The van der Waals surface area contributed by atoms with Crippen molar-refractivity contribution < 1.29 is 20.1 Å². The van der Waals surface area contributed by atoms with Gasteiger partial charge in [-0.15, -0.1) is 0 Å². The Bertz CT molecular complexity index is 780. The molecule has 2 aromatic carbocycles. The number of ether oxygens (including phenoxy) is 1. The molecule has 2 aromatic rings. The van der Waals surface area contributed by atoms with Gasteiger partial charge in [0.2, 0.25) is 0 Å². The van der Waals surface area contributed by atoms with Crippen molar-refractivity contribution in [2.75, 3.05) is 0 Å². The molecule has 0 spiro atoms. The lowest BCUT2D eigenvalue weighted by Gasteiger charge is -2.22. The van der Waals surface area contributed by atoms with E-state index in [9.17, 15) is 15.3 Å². The highest BCUT2D eigenvalue weighted by atomic mass is 16.5. The van der Waals surface area contributed by atoms with Crippen LogP contribution >= 0.6 is 0 Å². The molecule has 0 radical (unpaired) electrons. The van der Waals surface area contributed by atoms with Crippen LogP contribution in [-0.2, 0) is 12.8 Å². The molecule has 0 amide bonds. The number of hydrogen-bond donors (Lipinski definition) is 3. The van der Waals surface area contributed by atoms with Crippen molar-refractivity contribution in [1.29, 1.82) is 0 Å². The van der Waals surface area contributed by atoms with Crippen LogP contribution < -0.4 is 4.74 Å². The van der Waals surface area contributed by atoms with E-state index in [0.29, 0.717) is 23.5 Å². The third-order valence-corrected chi connectivity index (χ3v) is 3.86. The molecule has 3 N–H and O–H groups in total. The quantitative estimate of drug-likeness (QED) is 0.607. The molecular formula is C22H30O4. The van der Waals surface area contributed by atoms with E-state index in [1.807, 2.05) is 0 Å². The lowest BCUT2D eigenvalue weighted by molar-refractivity contribution is 0.368. The van der Waals surface area contributed by atoms with Crippen molar-refractivity contribution in [3.05, 3.63) is 41.5 Å². The summed E-state index contributed by atoms with van der Waals surface area (Å²) in [6, 6.07) is 8.18. The SMILES string of the molecule is CC(C)(C)Cc1cc(O)ccc1Oc1cc(O)c(O)c(CC(C)(C)C)c1. The van der Waals surface area contributed by atoms with E-state index < -0.39 is 0 Å². The van der Waals surface area contributed by atoms with Crippen LogP contribution in [0.15, 0.2) is 30.3 Å². The second kappa shape index (κ2) is 7.10. The third-order valence-electron chi connectivity index (χ3n) is 3.86. The second-order valence-corrected chi connectivity index (χ2v) is 9.32. The standard InChI is InChI=1S/C22H30O4/c1-21(2,3)12-14-9-16(23)7-8-19(14)26-17-10-15(13-22(4,5)6)20(25)18(24)11-17/h7-11,23-25H,12-13H2,1-6H3. The largest absolute Gasteiger partial charge is 0.508 e. The van der Waals surface area contributed by atoms with E-state index in [0.717, 1.165) is 12.0 Å². The molecule has 0 heterocycles. The summed E-state index contributed by atoms with van der Waals surface area (Å²) in [4.78, 5) is 0. The van der Waals surface area contributed by atoms with Gasteiger partial charge in [0.1, 0.15) is 17.2 Å². The monoisotopic (exact) mass is 358 g/mol. The Labute approximate surface area is 156 Å². The average molecular weight is 358 g/mol. The molecule has 0 aromatic heterocycles. The highest BCUT2D eigenvalue weighted by Gasteiger charge is 2.19. The molecule has 2 rings (SSSR count). The zero-order chi connectivity index (χ0) is 19.7. The first-order valence-electron chi connectivity index (χ1n) is 8.89. The van der Waals surface area contributed by atoms with Gasteiger partial charge in [-0.1, -0.05) is 41.5 Å². The van der Waals surface area contributed by atoms with Gasteiger partial charge in [-0.25, -0.2) is 0 Å². The molecule has 4 nitrogen and oxygen atoms in total. The first-order valence-corrected chi connectivity index (χ1v) is 8.89. The topological polar surface area (TPSA) is 69.9 Å². The molecule has 26 heavy (non-hydrogen) atoms. The van der Waals surface area contributed by atoms with Crippen LogP contribution in [0.4, 0.5) is 0 Å².